The summed E-state index contributed by atoms with van der Waals surface area (Å²) in [7, 11) is 5.58. The maximum absolute atomic E-state index is 14.0. The van der Waals surface area contributed by atoms with Crippen molar-refractivity contribution < 1.29 is 19.2 Å². The van der Waals surface area contributed by atoms with E-state index in [4.69, 9.17) is 23.2 Å². The second-order valence-corrected chi connectivity index (χ2v) is 14.0. The van der Waals surface area contributed by atoms with Crippen LogP contribution in [0.25, 0.3) is 0 Å². The number of piperazine rings is 1. The number of rotatable bonds is 8. The summed E-state index contributed by atoms with van der Waals surface area (Å²) in [6.07, 6.45) is 0. The lowest BCUT2D eigenvalue weighted by Crippen LogP contribution is -2.65. The molecule has 1 aromatic carbocycles. The van der Waals surface area contributed by atoms with Gasteiger partial charge in [0.25, 0.3) is 5.91 Å². The van der Waals surface area contributed by atoms with E-state index in [9.17, 15) is 19.2 Å². The molecule has 1 aromatic heterocycles. The molecule has 2 aromatic rings. The number of likely N-dealkylation sites (N-methyl/N-ethyl adjacent to an activating group) is 2. The van der Waals surface area contributed by atoms with E-state index in [2.05, 4.69) is 10.6 Å². The minimum absolute atomic E-state index is 0.0557. The Bertz CT molecular complexity index is 1350. The van der Waals surface area contributed by atoms with Crippen molar-refractivity contribution in [2.24, 2.45) is 0 Å². The third-order valence-corrected chi connectivity index (χ3v) is 9.38. The average molecular weight is 640 g/mol. The molecule has 13 heteroatoms. The topological polar surface area (TPSA) is 105 Å². The normalized spacial score (nSPS) is 15.2. The molecular formula is C29H40Cl2N6O4S. The van der Waals surface area contributed by atoms with Gasteiger partial charge in [-0.25, -0.2) is 4.79 Å². The summed E-state index contributed by atoms with van der Waals surface area (Å²) in [5.41, 5.74) is -0.900. The Morgan fingerprint density at radius 2 is 1.71 bits per heavy atom. The van der Waals surface area contributed by atoms with E-state index in [1.165, 1.54) is 21.1 Å². The lowest BCUT2D eigenvalue weighted by atomic mass is 9.93. The molecule has 0 atom stereocenters. The van der Waals surface area contributed by atoms with Crippen molar-refractivity contribution in [2.45, 2.75) is 45.6 Å². The molecule has 1 saturated heterocycles. The van der Waals surface area contributed by atoms with Gasteiger partial charge in [-0.2, -0.15) is 0 Å². The molecule has 1 fully saturated rings. The molecule has 0 bridgehead atoms. The highest BCUT2D eigenvalue weighted by molar-refractivity contribution is 7.16. The Balaban J connectivity index is 1.82. The molecule has 0 aliphatic carbocycles. The molecule has 0 unspecified atom stereocenters. The van der Waals surface area contributed by atoms with E-state index in [1.54, 1.807) is 50.1 Å². The van der Waals surface area contributed by atoms with Crippen molar-refractivity contribution in [2.75, 3.05) is 64.5 Å². The van der Waals surface area contributed by atoms with Crippen LogP contribution >= 0.6 is 34.5 Å². The number of carbonyl (C=O) groups is 4. The van der Waals surface area contributed by atoms with Crippen molar-refractivity contribution in [1.82, 2.24) is 19.6 Å². The summed E-state index contributed by atoms with van der Waals surface area (Å²) in [4.78, 5) is 60.9. The van der Waals surface area contributed by atoms with Crippen LogP contribution in [0.2, 0.25) is 10.0 Å². The lowest BCUT2D eigenvalue weighted by Gasteiger charge is -2.45. The monoisotopic (exact) mass is 638 g/mol. The molecule has 1 aliphatic rings. The van der Waals surface area contributed by atoms with Gasteiger partial charge in [0, 0.05) is 38.1 Å². The van der Waals surface area contributed by atoms with Gasteiger partial charge in [-0.15, -0.1) is 11.3 Å². The van der Waals surface area contributed by atoms with E-state index in [-0.39, 0.29) is 53.4 Å². The van der Waals surface area contributed by atoms with Crippen molar-refractivity contribution in [1.29, 1.82) is 0 Å². The number of urea groups is 1. The molecule has 0 saturated carbocycles. The summed E-state index contributed by atoms with van der Waals surface area (Å²) >= 11 is 13.6. The molecule has 230 valence electrons. The number of halogens is 2. The highest BCUT2D eigenvalue weighted by atomic mass is 35.5. The van der Waals surface area contributed by atoms with Gasteiger partial charge in [-0.05, 0) is 51.6 Å². The van der Waals surface area contributed by atoms with E-state index in [0.717, 1.165) is 4.88 Å². The number of hydrogen-bond acceptors (Lipinski definition) is 6. The highest BCUT2D eigenvalue weighted by Gasteiger charge is 2.45. The van der Waals surface area contributed by atoms with Crippen LogP contribution in [0.3, 0.4) is 0 Å². The van der Waals surface area contributed by atoms with Gasteiger partial charge in [-0.1, -0.05) is 50.0 Å². The molecule has 2 heterocycles. The standard InChI is InChI=1S/C29H40Cl2N6O4S/c1-28(2,3)21-16-18(24(42-21)33-27(41)32-20-11-9-10-19(30)23(20)31)25(39)37-15-14-36(26(40)29(37,4)5)17-22(38)35(8)13-12-34(6)7/h9-11,16H,12-15,17H2,1-8H3,(H2,32,33,41). The Morgan fingerprint density at radius 3 is 2.33 bits per heavy atom. The SMILES string of the molecule is CN(C)CCN(C)C(=O)CN1CCN(C(=O)c2cc(C(C)(C)C)sc2NC(=O)Nc2cccc(Cl)c2Cl)C(C)(C)C1=O. The van der Waals surface area contributed by atoms with Crippen molar-refractivity contribution >= 4 is 69.0 Å². The van der Waals surface area contributed by atoms with Crippen LogP contribution in [0.4, 0.5) is 15.5 Å². The second kappa shape index (κ2) is 13.2. The zero-order valence-electron chi connectivity index (χ0n) is 25.4. The van der Waals surface area contributed by atoms with E-state index in [0.29, 0.717) is 28.8 Å². The zero-order valence-corrected chi connectivity index (χ0v) is 27.8. The number of carbonyl (C=O) groups excluding carboxylic acids is 4. The number of amides is 5. The Morgan fingerprint density at radius 1 is 1.05 bits per heavy atom. The molecule has 42 heavy (non-hydrogen) atoms. The van der Waals surface area contributed by atoms with Gasteiger partial charge in [-0.3, -0.25) is 19.7 Å². The molecular weight excluding hydrogens is 599 g/mol. The van der Waals surface area contributed by atoms with Gasteiger partial charge < -0.3 is 24.9 Å². The van der Waals surface area contributed by atoms with Crippen LogP contribution in [-0.2, 0) is 15.0 Å². The quantitative estimate of drug-likeness (QED) is 0.420. The Labute approximate surface area is 261 Å². The van der Waals surface area contributed by atoms with Crippen LogP contribution in [0.1, 0.15) is 49.9 Å². The van der Waals surface area contributed by atoms with E-state index in [1.807, 2.05) is 39.8 Å². The van der Waals surface area contributed by atoms with Gasteiger partial charge in [0.05, 0.1) is 27.8 Å². The third-order valence-electron chi connectivity index (χ3n) is 7.09. The Hall–Kier alpha value is -2.86. The fraction of sp³-hybridized carbons (Fsp3) is 0.517. The number of nitrogens with zero attached hydrogens (tertiary/aromatic N) is 4. The van der Waals surface area contributed by atoms with Crippen LogP contribution in [-0.4, -0.2) is 103 Å². The van der Waals surface area contributed by atoms with Gasteiger partial charge in [0.15, 0.2) is 0 Å². The van der Waals surface area contributed by atoms with E-state index < -0.39 is 11.6 Å². The molecule has 0 radical (unpaired) electrons. The Kier molecular flexibility index (Phi) is 10.6. The summed E-state index contributed by atoms with van der Waals surface area (Å²) < 4.78 is 0. The number of anilines is 2. The number of nitrogens with one attached hydrogen (secondary N) is 2. The fourth-order valence-corrected chi connectivity index (χ4v) is 5.83. The van der Waals surface area contributed by atoms with Gasteiger partial charge in [0.1, 0.15) is 10.5 Å². The summed E-state index contributed by atoms with van der Waals surface area (Å²) in [6.45, 7) is 11.1. The summed E-state index contributed by atoms with van der Waals surface area (Å²) in [6, 6.07) is 6.07. The number of hydrogen-bond donors (Lipinski definition) is 2. The van der Waals surface area contributed by atoms with Crippen LogP contribution in [0.5, 0.6) is 0 Å². The predicted molar refractivity (Wildman–Crippen MR) is 170 cm³/mol. The first kappa shape index (κ1) is 33.6. The molecule has 5 amide bonds. The first-order valence-electron chi connectivity index (χ1n) is 13.6. The number of benzene rings is 1. The van der Waals surface area contributed by atoms with Crippen molar-refractivity contribution in [3.05, 3.63) is 44.8 Å². The second-order valence-electron chi connectivity index (χ2n) is 12.1. The largest absolute Gasteiger partial charge is 0.343 e. The molecule has 10 nitrogen and oxygen atoms in total. The smallest absolute Gasteiger partial charge is 0.324 e. The zero-order chi connectivity index (χ0) is 31.6. The first-order chi connectivity index (χ1) is 19.4. The lowest BCUT2D eigenvalue weighted by molar-refractivity contribution is -0.150. The van der Waals surface area contributed by atoms with Crippen molar-refractivity contribution in [3.63, 3.8) is 0 Å². The van der Waals surface area contributed by atoms with Crippen LogP contribution in [0.15, 0.2) is 24.3 Å². The van der Waals surface area contributed by atoms with Gasteiger partial charge in [0.2, 0.25) is 11.8 Å². The average Bonchev–Trinajstić information content (AvgIpc) is 3.32. The first-order valence-corrected chi connectivity index (χ1v) is 15.2. The van der Waals surface area contributed by atoms with Crippen molar-refractivity contribution in [3.8, 4) is 0 Å². The maximum atomic E-state index is 14.0. The predicted octanol–water partition coefficient (Wildman–Crippen LogP) is 5.08. The van der Waals surface area contributed by atoms with Crippen LogP contribution < -0.4 is 10.6 Å². The summed E-state index contributed by atoms with van der Waals surface area (Å²) in [5.74, 6) is -0.860. The minimum Gasteiger partial charge on any atom is -0.343 e. The fourth-order valence-electron chi connectivity index (χ4n) is 4.38. The molecule has 1 aliphatic heterocycles. The molecule has 2 N–H and O–H groups in total. The highest BCUT2D eigenvalue weighted by Crippen LogP contribution is 2.38. The number of thiophene rings is 1. The van der Waals surface area contributed by atoms with E-state index >= 15 is 0 Å². The molecule has 3 rings (SSSR count). The molecule has 0 spiro atoms. The van der Waals surface area contributed by atoms with Crippen LogP contribution in [0, 0.1) is 0 Å². The third kappa shape index (κ3) is 7.75. The minimum atomic E-state index is -1.21. The van der Waals surface area contributed by atoms with Gasteiger partial charge >= 0.3 is 6.03 Å². The summed E-state index contributed by atoms with van der Waals surface area (Å²) in [5, 5.41) is 6.32. The maximum Gasteiger partial charge on any atom is 0.324 e.